The first-order valence-corrected chi connectivity index (χ1v) is 8.04. The smallest absolute Gasteiger partial charge is 0.175 e. The van der Waals surface area contributed by atoms with Gasteiger partial charge in [-0.1, -0.05) is 29.8 Å². The molecule has 0 aromatic heterocycles. The Bertz CT molecular complexity index is 462. The summed E-state index contributed by atoms with van der Waals surface area (Å²) in [5.41, 5.74) is 0.932. The summed E-state index contributed by atoms with van der Waals surface area (Å²) in [6.07, 6.45) is 0. The van der Waals surface area contributed by atoms with Crippen LogP contribution < -0.4 is 0 Å². The molecule has 2 rings (SSSR count). The minimum Gasteiger partial charge on any atom is -0.305 e. The molecule has 1 fully saturated rings. The van der Waals surface area contributed by atoms with Gasteiger partial charge >= 0.3 is 0 Å². The van der Waals surface area contributed by atoms with E-state index in [1.807, 2.05) is 24.3 Å². The van der Waals surface area contributed by atoms with Crippen molar-refractivity contribution in [3.8, 4) is 6.07 Å². The van der Waals surface area contributed by atoms with Crippen LogP contribution >= 0.6 is 35.1 Å². The SMILES string of the molecule is CN(C)C1CSC(C#N)(c2ccccc2Cl)SC1. The van der Waals surface area contributed by atoms with Crippen LogP contribution in [0.4, 0.5) is 0 Å². The zero-order valence-corrected chi connectivity index (χ0v) is 12.8. The third kappa shape index (κ3) is 2.65. The zero-order valence-electron chi connectivity index (χ0n) is 10.4. The third-order valence-corrected chi connectivity index (χ3v) is 6.64. The largest absolute Gasteiger partial charge is 0.305 e. The maximum Gasteiger partial charge on any atom is 0.175 e. The van der Waals surface area contributed by atoms with Gasteiger partial charge in [-0.25, -0.2) is 0 Å². The van der Waals surface area contributed by atoms with Crippen LogP contribution in [0.1, 0.15) is 5.56 Å². The molecule has 0 aliphatic carbocycles. The second kappa shape index (κ2) is 5.75. The van der Waals surface area contributed by atoms with E-state index in [2.05, 4.69) is 25.1 Å². The molecule has 96 valence electrons. The molecule has 1 aromatic rings. The highest BCUT2D eigenvalue weighted by atomic mass is 35.5. The molecule has 0 atom stereocenters. The highest BCUT2D eigenvalue weighted by molar-refractivity contribution is 8.18. The molecular weight excluding hydrogens is 284 g/mol. The Morgan fingerprint density at radius 2 is 1.94 bits per heavy atom. The Morgan fingerprint density at radius 3 is 2.44 bits per heavy atom. The number of hydrogen-bond acceptors (Lipinski definition) is 4. The van der Waals surface area contributed by atoms with Gasteiger partial charge in [0.25, 0.3) is 0 Å². The van der Waals surface area contributed by atoms with E-state index in [-0.39, 0.29) is 0 Å². The highest BCUT2D eigenvalue weighted by Crippen LogP contribution is 2.51. The van der Waals surface area contributed by atoms with Crippen LogP contribution in [-0.4, -0.2) is 36.5 Å². The number of nitriles is 1. The molecule has 0 radical (unpaired) electrons. The van der Waals surface area contributed by atoms with E-state index < -0.39 is 4.08 Å². The number of rotatable bonds is 2. The lowest BCUT2D eigenvalue weighted by molar-refractivity contribution is 0.343. The number of halogens is 1. The van der Waals surface area contributed by atoms with E-state index in [4.69, 9.17) is 11.6 Å². The standard InChI is InChI=1S/C13H15ClN2S2/c1-16(2)10-7-17-13(9-15,18-8-10)11-5-3-4-6-12(11)14/h3-6,10H,7-8H2,1-2H3. The second-order valence-corrected chi connectivity index (χ2v) is 7.58. The predicted octanol–water partition coefficient (Wildman–Crippen LogP) is 3.43. The summed E-state index contributed by atoms with van der Waals surface area (Å²) in [5, 5.41) is 10.3. The van der Waals surface area contributed by atoms with Gasteiger partial charge in [0.1, 0.15) is 0 Å². The summed E-state index contributed by atoms with van der Waals surface area (Å²) in [4.78, 5) is 2.22. The molecule has 18 heavy (non-hydrogen) atoms. The van der Waals surface area contributed by atoms with Crippen LogP contribution in [0.25, 0.3) is 0 Å². The summed E-state index contributed by atoms with van der Waals surface area (Å²) in [7, 11) is 4.17. The Balaban J connectivity index is 2.25. The highest BCUT2D eigenvalue weighted by Gasteiger charge is 2.40. The molecular formula is C13H15ClN2S2. The number of benzene rings is 1. The van der Waals surface area contributed by atoms with E-state index in [9.17, 15) is 5.26 Å². The Hall–Kier alpha value is -0.340. The van der Waals surface area contributed by atoms with E-state index in [0.717, 1.165) is 17.1 Å². The van der Waals surface area contributed by atoms with E-state index in [1.54, 1.807) is 23.5 Å². The summed E-state index contributed by atoms with van der Waals surface area (Å²) >= 11 is 9.62. The van der Waals surface area contributed by atoms with Crippen molar-refractivity contribution < 1.29 is 0 Å². The first kappa shape index (κ1) is 14.1. The molecule has 5 heteroatoms. The fourth-order valence-electron chi connectivity index (χ4n) is 1.82. The van der Waals surface area contributed by atoms with Gasteiger partial charge in [0, 0.05) is 28.1 Å². The summed E-state index contributed by atoms with van der Waals surface area (Å²) < 4.78 is -0.551. The summed E-state index contributed by atoms with van der Waals surface area (Å²) in [6.45, 7) is 0. The molecule has 0 unspecified atom stereocenters. The quantitative estimate of drug-likeness (QED) is 0.836. The molecule has 1 heterocycles. The van der Waals surface area contributed by atoms with Crippen molar-refractivity contribution in [2.45, 2.75) is 10.1 Å². The first-order chi connectivity index (χ1) is 8.59. The number of hydrogen-bond donors (Lipinski definition) is 0. The summed E-state index contributed by atoms with van der Waals surface area (Å²) in [5.74, 6) is 1.91. The second-order valence-electron chi connectivity index (χ2n) is 4.45. The maximum absolute atomic E-state index is 9.58. The first-order valence-electron chi connectivity index (χ1n) is 5.69. The van der Waals surface area contributed by atoms with Crippen molar-refractivity contribution >= 4 is 35.1 Å². The van der Waals surface area contributed by atoms with Crippen molar-refractivity contribution in [3.63, 3.8) is 0 Å². The van der Waals surface area contributed by atoms with Gasteiger partial charge in [-0.05, 0) is 20.2 Å². The van der Waals surface area contributed by atoms with Gasteiger partial charge in [0.2, 0.25) is 0 Å². The molecule has 1 aromatic carbocycles. The monoisotopic (exact) mass is 298 g/mol. The fourth-order valence-corrected chi connectivity index (χ4v) is 5.59. The van der Waals surface area contributed by atoms with E-state index >= 15 is 0 Å². The molecule has 1 saturated heterocycles. The summed E-state index contributed by atoms with van der Waals surface area (Å²) in [6, 6.07) is 10.6. The van der Waals surface area contributed by atoms with Crippen molar-refractivity contribution in [2.75, 3.05) is 25.6 Å². The Kier molecular flexibility index (Phi) is 4.50. The van der Waals surface area contributed by atoms with Crippen LogP contribution in [0.3, 0.4) is 0 Å². The topological polar surface area (TPSA) is 27.0 Å². The molecule has 0 N–H and O–H groups in total. The molecule has 0 spiro atoms. The van der Waals surface area contributed by atoms with Crippen LogP contribution in [0.15, 0.2) is 24.3 Å². The molecule has 0 bridgehead atoms. The average Bonchev–Trinajstić information content (AvgIpc) is 2.39. The molecule has 1 aliphatic heterocycles. The normalized spacial score (nSPS) is 28.1. The van der Waals surface area contributed by atoms with E-state index in [1.165, 1.54) is 0 Å². The Morgan fingerprint density at radius 1 is 1.33 bits per heavy atom. The van der Waals surface area contributed by atoms with Crippen LogP contribution in [0, 0.1) is 11.3 Å². The molecule has 2 nitrogen and oxygen atoms in total. The zero-order chi connectivity index (χ0) is 13.2. The van der Waals surface area contributed by atoms with Gasteiger partial charge in [0.05, 0.1) is 6.07 Å². The van der Waals surface area contributed by atoms with Crippen LogP contribution in [0.5, 0.6) is 0 Å². The lowest BCUT2D eigenvalue weighted by Crippen LogP contribution is -2.39. The van der Waals surface area contributed by atoms with Crippen LogP contribution in [0.2, 0.25) is 5.02 Å². The van der Waals surface area contributed by atoms with Crippen LogP contribution in [-0.2, 0) is 4.08 Å². The minimum absolute atomic E-state index is 0.518. The average molecular weight is 299 g/mol. The van der Waals surface area contributed by atoms with Gasteiger partial charge in [0.15, 0.2) is 4.08 Å². The third-order valence-electron chi connectivity index (χ3n) is 3.06. The lowest BCUT2D eigenvalue weighted by Gasteiger charge is -2.37. The van der Waals surface area contributed by atoms with Gasteiger partial charge in [-0.15, -0.1) is 23.5 Å². The fraction of sp³-hybridized carbons (Fsp3) is 0.462. The van der Waals surface area contributed by atoms with Gasteiger partial charge in [-0.2, -0.15) is 5.26 Å². The number of thioether (sulfide) groups is 2. The van der Waals surface area contributed by atoms with Crippen molar-refractivity contribution in [3.05, 3.63) is 34.9 Å². The lowest BCUT2D eigenvalue weighted by atomic mass is 10.1. The number of nitrogens with zero attached hydrogens (tertiary/aromatic N) is 2. The Labute approximate surface area is 122 Å². The predicted molar refractivity (Wildman–Crippen MR) is 81.1 cm³/mol. The van der Waals surface area contributed by atoms with Crippen molar-refractivity contribution in [1.29, 1.82) is 5.26 Å². The van der Waals surface area contributed by atoms with Crippen molar-refractivity contribution in [2.24, 2.45) is 0 Å². The van der Waals surface area contributed by atoms with Crippen molar-refractivity contribution in [1.82, 2.24) is 4.90 Å². The minimum atomic E-state index is -0.551. The van der Waals surface area contributed by atoms with Gasteiger partial charge in [-0.3, -0.25) is 0 Å². The van der Waals surface area contributed by atoms with Gasteiger partial charge < -0.3 is 4.90 Å². The molecule has 1 aliphatic rings. The van der Waals surface area contributed by atoms with E-state index in [0.29, 0.717) is 11.1 Å². The maximum atomic E-state index is 9.58. The molecule has 0 saturated carbocycles. The molecule has 0 amide bonds.